The van der Waals surface area contributed by atoms with E-state index in [1.54, 1.807) is 17.0 Å². The molecule has 2 aromatic carbocycles. The van der Waals surface area contributed by atoms with Crippen LogP contribution in [-0.2, 0) is 24.2 Å². The van der Waals surface area contributed by atoms with Gasteiger partial charge in [-0.05, 0) is 44.9 Å². The van der Waals surface area contributed by atoms with Crippen molar-refractivity contribution in [3.8, 4) is 11.3 Å². The zero-order valence-electron chi connectivity index (χ0n) is 17.6. The first-order chi connectivity index (χ1) is 14.3. The Labute approximate surface area is 176 Å². The van der Waals surface area contributed by atoms with Gasteiger partial charge in [-0.15, -0.1) is 0 Å². The second-order valence-electron chi connectivity index (χ2n) is 8.58. The quantitative estimate of drug-likeness (QED) is 0.612. The standard InChI is InChI=1S/C24H26FN3O2/c1-24(2,3)30-23(29)27-14-13-20-21(16-27)28(15-17-9-11-19(25)12-10-17)26-22(20)18-7-5-4-6-8-18/h4-12H,13-16H2,1-3H3. The maximum Gasteiger partial charge on any atom is 0.410 e. The number of amides is 1. The van der Waals surface area contributed by atoms with Crippen LogP contribution in [-0.4, -0.2) is 32.9 Å². The average Bonchev–Trinajstić information content (AvgIpc) is 3.07. The molecule has 0 saturated carbocycles. The highest BCUT2D eigenvalue weighted by Crippen LogP contribution is 2.31. The third-order valence-corrected chi connectivity index (χ3v) is 5.08. The predicted octanol–water partition coefficient (Wildman–Crippen LogP) is 5.03. The van der Waals surface area contributed by atoms with Crippen molar-refractivity contribution in [3.05, 3.63) is 77.2 Å². The number of halogens is 1. The minimum Gasteiger partial charge on any atom is -0.444 e. The molecule has 4 rings (SSSR count). The molecule has 1 amide bonds. The number of benzene rings is 2. The van der Waals surface area contributed by atoms with Gasteiger partial charge in [-0.25, -0.2) is 9.18 Å². The van der Waals surface area contributed by atoms with Gasteiger partial charge in [0.15, 0.2) is 0 Å². The molecule has 30 heavy (non-hydrogen) atoms. The molecule has 0 aliphatic carbocycles. The van der Waals surface area contributed by atoms with Gasteiger partial charge < -0.3 is 9.64 Å². The fourth-order valence-corrected chi connectivity index (χ4v) is 3.68. The van der Waals surface area contributed by atoms with Gasteiger partial charge in [0, 0.05) is 17.7 Å². The van der Waals surface area contributed by atoms with Crippen molar-refractivity contribution in [2.24, 2.45) is 0 Å². The third kappa shape index (κ3) is 4.37. The van der Waals surface area contributed by atoms with Gasteiger partial charge in [0.2, 0.25) is 0 Å². The van der Waals surface area contributed by atoms with E-state index in [0.29, 0.717) is 26.1 Å². The first kappa shape index (κ1) is 20.1. The topological polar surface area (TPSA) is 47.4 Å². The highest BCUT2D eigenvalue weighted by atomic mass is 19.1. The van der Waals surface area contributed by atoms with Gasteiger partial charge >= 0.3 is 6.09 Å². The zero-order valence-corrected chi connectivity index (χ0v) is 17.6. The zero-order chi connectivity index (χ0) is 21.3. The molecule has 2 heterocycles. The Balaban J connectivity index is 1.69. The van der Waals surface area contributed by atoms with Crippen LogP contribution in [0.5, 0.6) is 0 Å². The second kappa shape index (κ2) is 7.94. The summed E-state index contributed by atoms with van der Waals surface area (Å²) in [4.78, 5) is 14.4. The maximum atomic E-state index is 13.3. The Morgan fingerprint density at radius 1 is 1.10 bits per heavy atom. The van der Waals surface area contributed by atoms with E-state index in [4.69, 9.17) is 9.84 Å². The molecule has 0 spiro atoms. The van der Waals surface area contributed by atoms with Crippen LogP contribution in [0.25, 0.3) is 11.3 Å². The number of carbonyl (C=O) groups is 1. The van der Waals surface area contributed by atoms with E-state index in [-0.39, 0.29) is 11.9 Å². The molecule has 0 saturated heterocycles. The number of hydrogen-bond donors (Lipinski definition) is 0. The molecule has 1 aliphatic rings. The maximum absolute atomic E-state index is 13.3. The molecule has 1 aromatic heterocycles. The summed E-state index contributed by atoms with van der Waals surface area (Å²) < 4.78 is 20.8. The lowest BCUT2D eigenvalue weighted by molar-refractivity contribution is 0.0219. The van der Waals surface area contributed by atoms with Crippen molar-refractivity contribution in [2.75, 3.05) is 6.54 Å². The van der Waals surface area contributed by atoms with E-state index < -0.39 is 5.60 Å². The second-order valence-corrected chi connectivity index (χ2v) is 8.58. The SMILES string of the molecule is CC(C)(C)OC(=O)N1CCc2c(-c3ccccc3)nn(Cc3ccc(F)cc3)c2C1. The number of aromatic nitrogens is 2. The molecule has 5 nitrogen and oxygen atoms in total. The Hall–Kier alpha value is -3.15. The van der Waals surface area contributed by atoms with Crippen LogP contribution in [0.15, 0.2) is 54.6 Å². The van der Waals surface area contributed by atoms with E-state index >= 15 is 0 Å². The molecule has 156 valence electrons. The summed E-state index contributed by atoms with van der Waals surface area (Å²) >= 11 is 0. The van der Waals surface area contributed by atoms with Crippen LogP contribution in [0.1, 0.15) is 37.6 Å². The van der Waals surface area contributed by atoms with Crippen LogP contribution >= 0.6 is 0 Å². The van der Waals surface area contributed by atoms with Crippen LogP contribution in [0.4, 0.5) is 9.18 Å². The van der Waals surface area contributed by atoms with Crippen LogP contribution in [0.2, 0.25) is 0 Å². The molecule has 0 radical (unpaired) electrons. The van der Waals surface area contributed by atoms with Crippen LogP contribution in [0, 0.1) is 5.82 Å². The summed E-state index contributed by atoms with van der Waals surface area (Å²) in [7, 11) is 0. The van der Waals surface area contributed by atoms with Gasteiger partial charge in [0.1, 0.15) is 11.4 Å². The summed E-state index contributed by atoms with van der Waals surface area (Å²) in [6.45, 7) is 7.14. The number of hydrogen-bond acceptors (Lipinski definition) is 3. The monoisotopic (exact) mass is 407 g/mol. The highest BCUT2D eigenvalue weighted by molar-refractivity contribution is 5.70. The Morgan fingerprint density at radius 2 is 1.80 bits per heavy atom. The largest absolute Gasteiger partial charge is 0.444 e. The first-order valence-electron chi connectivity index (χ1n) is 10.2. The van der Waals surface area contributed by atoms with Crippen LogP contribution in [0.3, 0.4) is 0 Å². The lowest BCUT2D eigenvalue weighted by Gasteiger charge is -2.30. The number of fused-ring (bicyclic) bond motifs is 1. The van der Waals surface area contributed by atoms with E-state index in [0.717, 1.165) is 28.1 Å². The molecule has 0 N–H and O–H groups in total. The van der Waals surface area contributed by atoms with Gasteiger partial charge in [-0.3, -0.25) is 4.68 Å². The van der Waals surface area contributed by atoms with Gasteiger partial charge in [0.25, 0.3) is 0 Å². The first-order valence-corrected chi connectivity index (χ1v) is 10.2. The minimum atomic E-state index is -0.541. The number of nitrogens with zero attached hydrogens (tertiary/aromatic N) is 3. The van der Waals surface area contributed by atoms with Crippen molar-refractivity contribution in [2.45, 2.75) is 45.9 Å². The molecule has 0 fully saturated rings. The Bertz CT molecular complexity index is 1040. The summed E-state index contributed by atoms with van der Waals surface area (Å²) in [6.07, 6.45) is 0.395. The van der Waals surface area contributed by atoms with Crippen molar-refractivity contribution < 1.29 is 13.9 Å². The third-order valence-electron chi connectivity index (χ3n) is 5.08. The van der Waals surface area contributed by atoms with E-state index in [2.05, 4.69) is 0 Å². The molecule has 1 aliphatic heterocycles. The Kier molecular flexibility index (Phi) is 5.33. The average molecular weight is 407 g/mol. The van der Waals surface area contributed by atoms with E-state index in [1.807, 2.05) is 55.8 Å². The molecule has 0 atom stereocenters. The summed E-state index contributed by atoms with van der Waals surface area (Å²) in [5.74, 6) is -0.262. The summed E-state index contributed by atoms with van der Waals surface area (Å²) in [6, 6.07) is 16.5. The van der Waals surface area contributed by atoms with Gasteiger partial charge in [-0.1, -0.05) is 42.5 Å². The molecule has 0 bridgehead atoms. The molecular formula is C24H26FN3O2. The molecule has 3 aromatic rings. The van der Waals surface area contributed by atoms with Gasteiger partial charge in [0.05, 0.1) is 24.5 Å². The fraction of sp³-hybridized carbons (Fsp3) is 0.333. The molecular weight excluding hydrogens is 381 g/mol. The van der Waals surface area contributed by atoms with Crippen molar-refractivity contribution in [1.82, 2.24) is 14.7 Å². The highest BCUT2D eigenvalue weighted by Gasteiger charge is 2.30. The van der Waals surface area contributed by atoms with Crippen molar-refractivity contribution in [1.29, 1.82) is 0 Å². The fourth-order valence-electron chi connectivity index (χ4n) is 3.68. The van der Waals surface area contributed by atoms with E-state index in [9.17, 15) is 9.18 Å². The van der Waals surface area contributed by atoms with Crippen LogP contribution < -0.4 is 0 Å². The molecule has 6 heteroatoms. The Morgan fingerprint density at radius 3 is 2.47 bits per heavy atom. The normalized spacial score (nSPS) is 13.8. The number of rotatable bonds is 3. The predicted molar refractivity (Wildman–Crippen MR) is 114 cm³/mol. The van der Waals surface area contributed by atoms with Crippen molar-refractivity contribution >= 4 is 6.09 Å². The number of ether oxygens (including phenoxy) is 1. The lowest BCUT2D eigenvalue weighted by atomic mass is 10.00. The summed E-state index contributed by atoms with van der Waals surface area (Å²) in [5.41, 5.74) is 4.56. The smallest absolute Gasteiger partial charge is 0.410 e. The lowest BCUT2D eigenvalue weighted by Crippen LogP contribution is -2.40. The summed E-state index contributed by atoms with van der Waals surface area (Å²) in [5, 5.41) is 4.89. The van der Waals surface area contributed by atoms with E-state index in [1.165, 1.54) is 12.1 Å². The van der Waals surface area contributed by atoms with Gasteiger partial charge in [-0.2, -0.15) is 5.10 Å². The van der Waals surface area contributed by atoms with Crippen molar-refractivity contribution in [3.63, 3.8) is 0 Å². The minimum absolute atomic E-state index is 0.262. The molecule has 0 unspecified atom stereocenters. The number of carbonyl (C=O) groups excluding carboxylic acids is 1.